The number of phosphoric ester groups is 1. The maximum Gasteiger partial charge on any atom is 0.587 e. The van der Waals surface area contributed by atoms with Crippen molar-refractivity contribution in [1.82, 2.24) is 0 Å². The number of para-hydroxylation sites is 2. The van der Waals surface area contributed by atoms with Crippen molar-refractivity contribution < 1.29 is 18.1 Å². The van der Waals surface area contributed by atoms with Crippen molar-refractivity contribution in [1.29, 1.82) is 0 Å². The van der Waals surface area contributed by atoms with Gasteiger partial charge in [-0.05, 0) is 43.5 Å². The van der Waals surface area contributed by atoms with Gasteiger partial charge in [0.05, 0.1) is 6.61 Å². The summed E-state index contributed by atoms with van der Waals surface area (Å²) in [5.74, 6) is 1.02. The fourth-order valence-electron chi connectivity index (χ4n) is 2.51. The van der Waals surface area contributed by atoms with Gasteiger partial charge in [0.2, 0.25) is 0 Å². The first kappa shape index (κ1) is 20.5. The van der Waals surface area contributed by atoms with Crippen LogP contribution in [0.25, 0.3) is 0 Å². The van der Waals surface area contributed by atoms with Crippen molar-refractivity contribution in [2.75, 3.05) is 6.61 Å². The molecule has 0 aliphatic rings. The minimum atomic E-state index is -3.77. The zero-order valence-corrected chi connectivity index (χ0v) is 16.8. The van der Waals surface area contributed by atoms with Gasteiger partial charge in [-0.15, -0.1) is 0 Å². The van der Waals surface area contributed by atoms with E-state index in [1.54, 1.807) is 12.1 Å². The smallest absolute Gasteiger partial charge is 0.395 e. The Bertz CT molecular complexity index is 678. The average Bonchev–Trinajstić information content (AvgIpc) is 2.62. The van der Waals surface area contributed by atoms with E-state index >= 15 is 0 Å². The summed E-state index contributed by atoms with van der Waals surface area (Å²) in [7, 11) is -3.77. The lowest BCUT2D eigenvalue weighted by Gasteiger charge is -2.20. The molecular formula is C21H29O4P. The van der Waals surface area contributed by atoms with Crippen LogP contribution in [0.3, 0.4) is 0 Å². The van der Waals surface area contributed by atoms with Gasteiger partial charge in [-0.1, -0.05) is 69.0 Å². The molecule has 2 aromatic carbocycles. The van der Waals surface area contributed by atoms with Gasteiger partial charge < -0.3 is 9.05 Å². The van der Waals surface area contributed by atoms with Crippen LogP contribution in [0.15, 0.2) is 48.5 Å². The molecule has 5 heteroatoms. The molecule has 0 aliphatic carbocycles. The lowest BCUT2D eigenvalue weighted by molar-refractivity contribution is 0.204. The molecule has 26 heavy (non-hydrogen) atoms. The molecule has 0 bridgehead atoms. The fraction of sp³-hybridized carbons (Fsp3) is 0.429. The van der Waals surface area contributed by atoms with Gasteiger partial charge in [0.15, 0.2) is 0 Å². The molecule has 0 unspecified atom stereocenters. The Hall–Kier alpha value is -1.77. The molecule has 0 fully saturated rings. The highest BCUT2D eigenvalue weighted by molar-refractivity contribution is 7.49. The summed E-state index contributed by atoms with van der Waals surface area (Å²) in [6.07, 6.45) is 5.42. The summed E-state index contributed by atoms with van der Waals surface area (Å²) < 4.78 is 30.4. The third kappa shape index (κ3) is 6.51. The van der Waals surface area contributed by atoms with Crippen LogP contribution in [-0.4, -0.2) is 6.61 Å². The minimum Gasteiger partial charge on any atom is -0.395 e. The second-order valence-corrected chi connectivity index (χ2v) is 7.93. The van der Waals surface area contributed by atoms with Crippen LogP contribution in [0, 0.1) is 13.8 Å². The van der Waals surface area contributed by atoms with Gasteiger partial charge in [-0.2, -0.15) is 0 Å². The molecule has 0 N–H and O–H groups in total. The van der Waals surface area contributed by atoms with Crippen LogP contribution in [0.5, 0.6) is 11.5 Å². The number of hydrogen-bond donors (Lipinski definition) is 0. The zero-order chi connectivity index (χ0) is 18.8. The topological polar surface area (TPSA) is 44.8 Å². The van der Waals surface area contributed by atoms with E-state index in [4.69, 9.17) is 13.6 Å². The molecule has 0 saturated heterocycles. The van der Waals surface area contributed by atoms with Crippen LogP contribution in [-0.2, 0) is 9.09 Å². The van der Waals surface area contributed by atoms with Crippen LogP contribution in [0.1, 0.15) is 50.2 Å². The minimum absolute atomic E-state index is 0.346. The Kier molecular flexibility index (Phi) is 8.21. The highest BCUT2D eigenvalue weighted by atomic mass is 31.2. The molecule has 0 spiro atoms. The fourth-order valence-corrected chi connectivity index (χ4v) is 3.90. The SMILES string of the molecule is CCCCCCCOP(=O)(Oc1ccccc1C)Oc1ccccc1C. The maximum absolute atomic E-state index is 13.3. The Morgan fingerprint density at radius 3 is 1.77 bits per heavy atom. The zero-order valence-electron chi connectivity index (χ0n) is 15.9. The van der Waals surface area contributed by atoms with Crippen molar-refractivity contribution in [3.63, 3.8) is 0 Å². The summed E-state index contributed by atoms with van der Waals surface area (Å²) in [6, 6.07) is 14.8. The first-order valence-electron chi connectivity index (χ1n) is 9.29. The lowest BCUT2D eigenvalue weighted by Crippen LogP contribution is -2.07. The van der Waals surface area contributed by atoms with Gasteiger partial charge in [0.1, 0.15) is 11.5 Å². The third-order valence-corrected chi connectivity index (χ3v) is 5.44. The van der Waals surface area contributed by atoms with Crippen molar-refractivity contribution in [3.05, 3.63) is 59.7 Å². The average molecular weight is 376 g/mol. The highest BCUT2D eigenvalue weighted by Gasteiger charge is 2.31. The third-order valence-electron chi connectivity index (χ3n) is 4.10. The van der Waals surface area contributed by atoms with Gasteiger partial charge in [0, 0.05) is 0 Å². The number of phosphoric acid groups is 1. The molecule has 0 heterocycles. The van der Waals surface area contributed by atoms with Crippen molar-refractivity contribution in [3.8, 4) is 11.5 Å². The summed E-state index contributed by atoms with van der Waals surface area (Å²) in [5.41, 5.74) is 1.76. The monoisotopic (exact) mass is 376 g/mol. The van der Waals surface area contributed by atoms with E-state index in [0.717, 1.165) is 30.4 Å². The Labute approximate surface area is 157 Å². The Morgan fingerprint density at radius 2 is 1.27 bits per heavy atom. The van der Waals surface area contributed by atoms with Gasteiger partial charge in [-0.25, -0.2) is 4.57 Å². The van der Waals surface area contributed by atoms with E-state index in [9.17, 15) is 4.57 Å². The normalized spacial score (nSPS) is 11.3. The first-order chi connectivity index (χ1) is 12.5. The Balaban J connectivity index is 2.08. The predicted octanol–water partition coefficient (Wildman–Crippen LogP) is 6.86. The van der Waals surface area contributed by atoms with Crippen LogP contribution >= 0.6 is 7.82 Å². The summed E-state index contributed by atoms with van der Waals surface area (Å²) in [6.45, 7) is 6.33. The van der Waals surface area contributed by atoms with Crippen LogP contribution < -0.4 is 9.05 Å². The van der Waals surface area contributed by atoms with Crippen molar-refractivity contribution in [2.24, 2.45) is 0 Å². The van der Waals surface area contributed by atoms with E-state index < -0.39 is 7.82 Å². The summed E-state index contributed by atoms with van der Waals surface area (Å²) in [4.78, 5) is 0. The Morgan fingerprint density at radius 1 is 0.769 bits per heavy atom. The van der Waals surface area contributed by atoms with Crippen LogP contribution in [0.4, 0.5) is 0 Å². The van der Waals surface area contributed by atoms with Crippen molar-refractivity contribution >= 4 is 7.82 Å². The van der Waals surface area contributed by atoms with Gasteiger partial charge in [0.25, 0.3) is 0 Å². The van der Waals surface area contributed by atoms with E-state index in [1.807, 2.05) is 50.2 Å². The van der Waals surface area contributed by atoms with Gasteiger partial charge >= 0.3 is 7.82 Å². The van der Waals surface area contributed by atoms with Crippen LogP contribution in [0.2, 0.25) is 0 Å². The molecule has 4 nitrogen and oxygen atoms in total. The van der Waals surface area contributed by atoms with E-state index in [-0.39, 0.29) is 0 Å². The molecule has 0 aromatic heterocycles. The second-order valence-electron chi connectivity index (χ2n) is 6.41. The second kappa shape index (κ2) is 10.4. The number of aryl methyl sites for hydroxylation is 2. The molecule has 0 amide bonds. The highest BCUT2D eigenvalue weighted by Crippen LogP contribution is 2.50. The summed E-state index contributed by atoms with van der Waals surface area (Å²) >= 11 is 0. The molecule has 2 aromatic rings. The number of unbranched alkanes of at least 4 members (excludes halogenated alkanes) is 4. The molecule has 0 atom stereocenters. The molecule has 142 valence electrons. The van der Waals surface area contributed by atoms with E-state index in [1.165, 1.54) is 12.8 Å². The first-order valence-corrected chi connectivity index (χ1v) is 10.7. The molecular weight excluding hydrogens is 347 g/mol. The molecule has 0 saturated carbocycles. The standard InChI is InChI=1S/C21H29O4P/c1-4-5-6-7-12-17-23-26(22,24-20-15-10-8-13-18(20)2)25-21-16-11-9-14-19(21)3/h8-11,13-16H,4-7,12,17H2,1-3H3. The molecule has 0 radical (unpaired) electrons. The summed E-state index contributed by atoms with van der Waals surface area (Å²) in [5, 5.41) is 0. The quantitative estimate of drug-likeness (QED) is 0.317. The van der Waals surface area contributed by atoms with E-state index in [2.05, 4.69) is 6.92 Å². The lowest BCUT2D eigenvalue weighted by atomic mass is 10.2. The molecule has 2 rings (SSSR count). The van der Waals surface area contributed by atoms with Gasteiger partial charge in [-0.3, -0.25) is 4.52 Å². The largest absolute Gasteiger partial charge is 0.587 e. The predicted molar refractivity (Wildman–Crippen MR) is 106 cm³/mol. The molecule has 0 aliphatic heterocycles. The van der Waals surface area contributed by atoms with Crippen molar-refractivity contribution in [2.45, 2.75) is 52.9 Å². The maximum atomic E-state index is 13.3. The number of benzene rings is 2. The van der Waals surface area contributed by atoms with E-state index in [0.29, 0.717) is 18.1 Å². The number of hydrogen-bond acceptors (Lipinski definition) is 4. The number of rotatable bonds is 11.